The zero-order valence-electron chi connectivity index (χ0n) is 15.0. The number of halogens is 1. The average Bonchev–Trinajstić information content (AvgIpc) is 2.62. The lowest BCUT2D eigenvalue weighted by atomic mass is 10.1. The molecule has 0 amide bonds. The Morgan fingerprint density at radius 2 is 1.84 bits per heavy atom. The number of nitrogens with one attached hydrogen (secondary N) is 1. The van der Waals surface area contributed by atoms with E-state index in [0.717, 1.165) is 41.9 Å². The van der Waals surface area contributed by atoms with Crippen LogP contribution in [-0.2, 0) is 6.54 Å². The number of anilines is 2. The standard InChI is InChI=1S/C21H24ClN3/c1-4-25(5-2)14-16-12-18(8-6-15(16)3)24-20-10-11-23-21-13-17(22)7-9-19(20)21/h6-13H,4-5,14H2,1-3H3,(H,23,24). The van der Waals surface area contributed by atoms with E-state index < -0.39 is 0 Å². The molecule has 25 heavy (non-hydrogen) atoms. The molecular weight excluding hydrogens is 330 g/mol. The number of hydrogen-bond acceptors (Lipinski definition) is 3. The van der Waals surface area contributed by atoms with Crippen LogP contribution < -0.4 is 5.32 Å². The smallest absolute Gasteiger partial charge is 0.0737 e. The molecule has 1 aromatic heterocycles. The quantitative estimate of drug-likeness (QED) is 0.608. The summed E-state index contributed by atoms with van der Waals surface area (Å²) >= 11 is 6.08. The third kappa shape index (κ3) is 4.12. The minimum absolute atomic E-state index is 0.703. The molecule has 130 valence electrons. The summed E-state index contributed by atoms with van der Waals surface area (Å²) < 4.78 is 0. The first-order valence-corrected chi connectivity index (χ1v) is 9.11. The van der Waals surface area contributed by atoms with E-state index in [9.17, 15) is 0 Å². The van der Waals surface area contributed by atoms with Gasteiger partial charge in [0.15, 0.2) is 0 Å². The Hall–Kier alpha value is -2.10. The molecule has 3 aromatic rings. The summed E-state index contributed by atoms with van der Waals surface area (Å²) in [5, 5.41) is 5.31. The van der Waals surface area contributed by atoms with Crippen LogP contribution >= 0.6 is 11.6 Å². The van der Waals surface area contributed by atoms with Gasteiger partial charge in [-0.15, -0.1) is 0 Å². The Morgan fingerprint density at radius 3 is 2.60 bits per heavy atom. The van der Waals surface area contributed by atoms with E-state index in [1.165, 1.54) is 11.1 Å². The summed E-state index contributed by atoms with van der Waals surface area (Å²) in [6, 6.07) is 14.4. The molecule has 0 unspecified atom stereocenters. The van der Waals surface area contributed by atoms with Crippen molar-refractivity contribution in [1.82, 2.24) is 9.88 Å². The second-order valence-electron chi connectivity index (χ2n) is 6.25. The van der Waals surface area contributed by atoms with Gasteiger partial charge in [-0.2, -0.15) is 0 Å². The van der Waals surface area contributed by atoms with Gasteiger partial charge in [0.2, 0.25) is 0 Å². The largest absolute Gasteiger partial charge is 0.355 e. The van der Waals surface area contributed by atoms with Crippen LogP contribution in [0.4, 0.5) is 11.4 Å². The molecule has 0 saturated carbocycles. The third-order valence-corrected chi connectivity index (χ3v) is 4.86. The molecule has 1 N–H and O–H groups in total. The number of hydrogen-bond donors (Lipinski definition) is 1. The van der Waals surface area contributed by atoms with Gasteiger partial charge < -0.3 is 5.32 Å². The highest BCUT2D eigenvalue weighted by atomic mass is 35.5. The predicted molar refractivity (Wildman–Crippen MR) is 108 cm³/mol. The van der Waals surface area contributed by atoms with Gasteiger partial charge in [-0.1, -0.05) is 31.5 Å². The number of pyridine rings is 1. The highest BCUT2D eigenvalue weighted by Crippen LogP contribution is 2.28. The first-order chi connectivity index (χ1) is 12.1. The van der Waals surface area contributed by atoms with Crippen molar-refractivity contribution in [2.75, 3.05) is 18.4 Å². The van der Waals surface area contributed by atoms with E-state index in [1.54, 1.807) is 0 Å². The van der Waals surface area contributed by atoms with Crippen LogP contribution in [0.2, 0.25) is 5.02 Å². The topological polar surface area (TPSA) is 28.2 Å². The van der Waals surface area contributed by atoms with E-state index in [4.69, 9.17) is 11.6 Å². The molecule has 3 rings (SSSR count). The molecule has 0 aliphatic rings. The zero-order chi connectivity index (χ0) is 17.8. The summed E-state index contributed by atoms with van der Waals surface area (Å²) in [6.45, 7) is 9.67. The SMILES string of the molecule is CCN(CC)Cc1cc(Nc2ccnc3cc(Cl)ccc23)ccc1C. The summed E-state index contributed by atoms with van der Waals surface area (Å²) in [7, 11) is 0. The van der Waals surface area contributed by atoms with Crippen LogP contribution in [0.1, 0.15) is 25.0 Å². The maximum Gasteiger partial charge on any atom is 0.0737 e. The minimum Gasteiger partial charge on any atom is -0.355 e. The van der Waals surface area contributed by atoms with Crippen LogP contribution in [0.5, 0.6) is 0 Å². The highest BCUT2D eigenvalue weighted by molar-refractivity contribution is 6.31. The molecule has 0 aliphatic carbocycles. The molecular formula is C21H24ClN3. The fourth-order valence-corrected chi connectivity index (χ4v) is 3.16. The Labute approximate surface area is 154 Å². The van der Waals surface area contributed by atoms with E-state index in [0.29, 0.717) is 5.02 Å². The second-order valence-corrected chi connectivity index (χ2v) is 6.68. The van der Waals surface area contributed by atoms with Gasteiger partial charge in [0.25, 0.3) is 0 Å². The number of aryl methyl sites for hydroxylation is 1. The van der Waals surface area contributed by atoms with Gasteiger partial charge in [-0.05, 0) is 67.5 Å². The van der Waals surface area contributed by atoms with Crippen LogP contribution in [0.3, 0.4) is 0 Å². The molecule has 0 radical (unpaired) electrons. The predicted octanol–water partition coefficient (Wildman–Crippen LogP) is 5.78. The van der Waals surface area contributed by atoms with E-state index in [1.807, 2.05) is 30.5 Å². The number of nitrogens with zero attached hydrogens (tertiary/aromatic N) is 2. The van der Waals surface area contributed by atoms with Crippen molar-refractivity contribution >= 4 is 33.9 Å². The molecule has 0 aliphatic heterocycles. The lowest BCUT2D eigenvalue weighted by Crippen LogP contribution is -2.22. The maximum atomic E-state index is 6.08. The first kappa shape index (κ1) is 17.7. The molecule has 0 spiro atoms. The lowest BCUT2D eigenvalue weighted by molar-refractivity contribution is 0.295. The van der Waals surface area contributed by atoms with Crippen molar-refractivity contribution in [3.8, 4) is 0 Å². The molecule has 0 fully saturated rings. The molecule has 1 heterocycles. The number of benzene rings is 2. The number of aromatic nitrogens is 1. The van der Waals surface area contributed by atoms with Gasteiger partial charge in [-0.25, -0.2) is 0 Å². The summed E-state index contributed by atoms with van der Waals surface area (Å²) in [4.78, 5) is 6.83. The third-order valence-electron chi connectivity index (χ3n) is 4.62. The van der Waals surface area contributed by atoms with Gasteiger partial charge in [-0.3, -0.25) is 9.88 Å². The van der Waals surface area contributed by atoms with Crippen LogP contribution in [0.15, 0.2) is 48.7 Å². The Bertz CT molecular complexity index is 872. The summed E-state index contributed by atoms with van der Waals surface area (Å²) in [5.41, 5.74) is 5.71. The Kier molecular flexibility index (Phi) is 5.57. The lowest BCUT2D eigenvalue weighted by Gasteiger charge is -2.20. The molecule has 4 heteroatoms. The first-order valence-electron chi connectivity index (χ1n) is 8.74. The Morgan fingerprint density at radius 1 is 1.04 bits per heavy atom. The zero-order valence-corrected chi connectivity index (χ0v) is 15.8. The second kappa shape index (κ2) is 7.85. The summed E-state index contributed by atoms with van der Waals surface area (Å²) in [6.07, 6.45) is 1.81. The van der Waals surface area contributed by atoms with Crippen LogP contribution in [-0.4, -0.2) is 23.0 Å². The maximum absolute atomic E-state index is 6.08. The fourth-order valence-electron chi connectivity index (χ4n) is 2.99. The summed E-state index contributed by atoms with van der Waals surface area (Å²) in [5.74, 6) is 0. The van der Waals surface area contributed by atoms with E-state index >= 15 is 0 Å². The molecule has 0 saturated heterocycles. The van der Waals surface area contributed by atoms with Gasteiger partial charge >= 0.3 is 0 Å². The van der Waals surface area contributed by atoms with Crippen LogP contribution in [0.25, 0.3) is 10.9 Å². The number of rotatable bonds is 6. The average molecular weight is 354 g/mol. The molecule has 3 nitrogen and oxygen atoms in total. The van der Waals surface area contributed by atoms with Crippen molar-refractivity contribution in [1.29, 1.82) is 0 Å². The fraction of sp³-hybridized carbons (Fsp3) is 0.286. The molecule has 2 aromatic carbocycles. The molecule has 0 bridgehead atoms. The van der Waals surface area contributed by atoms with Gasteiger partial charge in [0.05, 0.1) is 5.52 Å². The van der Waals surface area contributed by atoms with Crippen molar-refractivity contribution < 1.29 is 0 Å². The Balaban J connectivity index is 1.91. The van der Waals surface area contributed by atoms with Crippen molar-refractivity contribution in [3.63, 3.8) is 0 Å². The minimum atomic E-state index is 0.703. The van der Waals surface area contributed by atoms with E-state index in [2.05, 4.69) is 54.2 Å². The van der Waals surface area contributed by atoms with Crippen molar-refractivity contribution in [3.05, 3.63) is 64.8 Å². The highest BCUT2D eigenvalue weighted by Gasteiger charge is 2.07. The van der Waals surface area contributed by atoms with Crippen molar-refractivity contribution in [2.24, 2.45) is 0 Å². The monoisotopic (exact) mass is 353 g/mol. The van der Waals surface area contributed by atoms with Gasteiger partial charge in [0, 0.05) is 34.5 Å². The normalized spacial score (nSPS) is 11.2. The molecule has 0 atom stereocenters. The van der Waals surface area contributed by atoms with Crippen molar-refractivity contribution in [2.45, 2.75) is 27.3 Å². The van der Waals surface area contributed by atoms with Crippen LogP contribution in [0, 0.1) is 6.92 Å². The van der Waals surface area contributed by atoms with Gasteiger partial charge in [0.1, 0.15) is 0 Å². The van der Waals surface area contributed by atoms with E-state index in [-0.39, 0.29) is 0 Å². The number of fused-ring (bicyclic) bond motifs is 1.